The third-order valence-corrected chi connectivity index (χ3v) is 2.73. The first-order chi connectivity index (χ1) is 8.65. The van der Waals surface area contributed by atoms with Crippen molar-refractivity contribution >= 4 is 16.7 Å². The van der Waals surface area contributed by atoms with Crippen molar-refractivity contribution in [2.75, 3.05) is 6.61 Å². The van der Waals surface area contributed by atoms with Crippen LogP contribution in [0.4, 0.5) is 0 Å². The van der Waals surface area contributed by atoms with E-state index in [0.29, 0.717) is 5.39 Å². The van der Waals surface area contributed by atoms with Crippen molar-refractivity contribution in [1.82, 2.24) is 0 Å². The molecule has 0 fully saturated rings. The van der Waals surface area contributed by atoms with E-state index in [-0.39, 0.29) is 17.9 Å². The van der Waals surface area contributed by atoms with E-state index in [2.05, 4.69) is 0 Å². The smallest absolute Gasteiger partial charge is 0.339 e. The van der Waals surface area contributed by atoms with Gasteiger partial charge in [-0.3, -0.25) is 0 Å². The molecule has 0 spiro atoms. The van der Waals surface area contributed by atoms with Gasteiger partial charge in [-0.2, -0.15) is 0 Å². The summed E-state index contributed by atoms with van der Waals surface area (Å²) < 4.78 is 4.76. The first kappa shape index (κ1) is 12.4. The third kappa shape index (κ3) is 2.15. The molecule has 2 aromatic carbocycles. The fraction of sp³-hybridized carbons (Fsp3) is 0.214. The normalized spacial score (nSPS) is 12.3. The number of aliphatic hydroxyl groups excluding tert-OH is 1. The molecule has 1 unspecified atom stereocenters. The van der Waals surface area contributed by atoms with E-state index in [1.807, 2.05) is 12.1 Å². The van der Waals surface area contributed by atoms with Crippen LogP contribution in [-0.4, -0.2) is 22.8 Å². The van der Waals surface area contributed by atoms with E-state index in [1.165, 1.54) is 6.07 Å². The second-order valence-corrected chi connectivity index (χ2v) is 3.87. The molecule has 0 heterocycles. The molecular formula is C14H14O4. The zero-order valence-corrected chi connectivity index (χ0v) is 9.96. The van der Waals surface area contributed by atoms with Gasteiger partial charge in [0.15, 0.2) is 6.10 Å². The number of hydrogen-bond acceptors (Lipinski definition) is 4. The molecule has 0 radical (unpaired) electrons. The maximum absolute atomic E-state index is 11.6. The molecule has 2 rings (SSSR count). The van der Waals surface area contributed by atoms with Gasteiger partial charge in [0.1, 0.15) is 5.75 Å². The zero-order chi connectivity index (χ0) is 13.1. The predicted molar refractivity (Wildman–Crippen MR) is 67.2 cm³/mol. The number of phenols is 1. The van der Waals surface area contributed by atoms with Crippen LogP contribution in [0.25, 0.3) is 10.8 Å². The summed E-state index contributed by atoms with van der Waals surface area (Å²) in [6.45, 7) is 1.84. The van der Waals surface area contributed by atoms with Gasteiger partial charge in [0, 0.05) is 5.56 Å². The van der Waals surface area contributed by atoms with Crippen molar-refractivity contribution in [3.8, 4) is 5.75 Å². The van der Waals surface area contributed by atoms with E-state index >= 15 is 0 Å². The van der Waals surface area contributed by atoms with Crippen molar-refractivity contribution in [3.63, 3.8) is 0 Å². The highest BCUT2D eigenvalue weighted by molar-refractivity contribution is 5.92. The van der Waals surface area contributed by atoms with Crippen molar-refractivity contribution in [2.24, 2.45) is 0 Å². The number of aliphatic hydroxyl groups is 1. The Morgan fingerprint density at radius 2 is 2.00 bits per heavy atom. The number of ether oxygens (including phenoxy) is 1. The van der Waals surface area contributed by atoms with E-state index in [0.717, 1.165) is 5.39 Å². The summed E-state index contributed by atoms with van der Waals surface area (Å²) in [6, 6.07) is 10.4. The second kappa shape index (κ2) is 5.06. The highest BCUT2D eigenvalue weighted by Gasteiger charge is 2.24. The van der Waals surface area contributed by atoms with Gasteiger partial charge < -0.3 is 14.9 Å². The Morgan fingerprint density at radius 1 is 1.28 bits per heavy atom. The lowest BCUT2D eigenvalue weighted by Crippen LogP contribution is -2.15. The summed E-state index contributed by atoms with van der Waals surface area (Å²) in [4.78, 5) is 11.6. The number of carbonyl (C=O) groups is 1. The first-order valence-corrected chi connectivity index (χ1v) is 5.70. The third-order valence-electron chi connectivity index (χ3n) is 2.73. The Balaban J connectivity index is 2.55. The molecule has 0 bridgehead atoms. The summed E-state index contributed by atoms with van der Waals surface area (Å²) >= 11 is 0. The average molecular weight is 246 g/mol. The minimum atomic E-state index is -1.48. The van der Waals surface area contributed by atoms with Gasteiger partial charge in [-0.05, 0) is 23.8 Å². The lowest BCUT2D eigenvalue weighted by molar-refractivity contribution is -0.153. The number of hydrogen-bond donors (Lipinski definition) is 2. The van der Waals surface area contributed by atoms with E-state index < -0.39 is 12.1 Å². The molecule has 0 aliphatic rings. The first-order valence-electron chi connectivity index (χ1n) is 5.70. The Bertz CT molecular complexity index is 577. The summed E-state index contributed by atoms with van der Waals surface area (Å²) in [5.41, 5.74) is 0.187. The molecule has 0 aromatic heterocycles. The number of benzene rings is 2. The van der Waals surface area contributed by atoms with Gasteiger partial charge in [-0.15, -0.1) is 0 Å². The number of aromatic hydroxyl groups is 1. The van der Waals surface area contributed by atoms with Gasteiger partial charge in [-0.25, -0.2) is 4.79 Å². The van der Waals surface area contributed by atoms with Crippen LogP contribution in [0.3, 0.4) is 0 Å². The van der Waals surface area contributed by atoms with E-state index in [1.54, 1.807) is 25.1 Å². The van der Waals surface area contributed by atoms with Crippen LogP contribution in [0.15, 0.2) is 36.4 Å². The van der Waals surface area contributed by atoms with Gasteiger partial charge in [-0.1, -0.05) is 30.3 Å². The Hall–Kier alpha value is -2.07. The molecule has 4 nitrogen and oxygen atoms in total. The predicted octanol–water partition coefficient (Wildman–Crippen LogP) is 2.14. The average Bonchev–Trinajstić information content (AvgIpc) is 2.38. The number of fused-ring (bicyclic) bond motifs is 1. The quantitative estimate of drug-likeness (QED) is 0.814. The largest absolute Gasteiger partial charge is 0.508 e. The fourth-order valence-electron chi connectivity index (χ4n) is 1.91. The highest BCUT2D eigenvalue weighted by atomic mass is 16.5. The Labute approximate surface area is 104 Å². The Kier molecular flexibility index (Phi) is 3.48. The molecule has 2 aromatic rings. The van der Waals surface area contributed by atoms with Crippen LogP contribution in [0.2, 0.25) is 0 Å². The lowest BCUT2D eigenvalue weighted by Gasteiger charge is -2.14. The van der Waals surface area contributed by atoms with Crippen LogP contribution in [0, 0.1) is 0 Å². The van der Waals surface area contributed by atoms with Gasteiger partial charge in [0.05, 0.1) is 6.61 Å². The van der Waals surface area contributed by atoms with Crippen LogP contribution in [0.5, 0.6) is 5.75 Å². The maximum Gasteiger partial charge on any atom is 0.339 e. The molecule has 0 amide bonds. The molecule has 1 atom stereocenters. The number of esters is 1. The number of carbonyl (C=O) groups excluding carboxylic acids is 1. The van der Waals surface area contributed by atoms with Crippen LogP contribution in [-0.2, 0) is 9.53 Å². The molecule has 4 heteroatoms. The fourth-order valence-corrected chi connectivity index (χ4v) is 1.91. The minimum Gasteiger partial charge on any atom is -0.508 e. The lowest BCUT2D eigenvalue weighted by atomic mass is 9.99. The molecule has 2 N–H and O–H groups in total. The Morgan fingerprint density at radius 3 is 2.72 bits per heavy atom. The second-order valence-electron chi connectivity index (χ2n) is 3.87. The van der Waals surface area contributed by atoms with Crippen LogP contribution < -0.4 is 0 Å². The van der Waals surface area contributed by atoms with Crippen molar-refractivity contribution in [1.29, 1.82) is 0 Å². The van der Waals surface area contributed by atoms with Crippen LogP contribution >= 0.6 is 0 Å². The van der Waals surface area contributed by atoms with Gasteiger partial charge in [0.2, 0.25) is 0 Å². The molecule has 0 saturated heterocycles. The molecule has 18 heavy (non-hydrogen) atoms. The minimum absolute atomic E-state index is 0.116. The monoisotopic (exact) mass is 246 g/mol. The van der Waals surface area contributed by atoms with Gasteiger partial charge in [0.25, 0.3) is 0 Å². The van der Waals surface area contributed by atoms with Crippen molar-refractivity contribution < 1.29 is 19.7 Å². The molecule has 0 saturated carbocycles. The zero-order valence-electron chi connectivity index (χ0n) is 9.96. The van der Waals surface area contributed by atoms with E-state index in [4.69, 9.17) is 4.74 Å². The molecule has 0 aliphatic carbocycles. The summed E-state index contributed by atoms with van der Waals surface area (Å²) in [5, 5.41) is 21.3. The molecule has 0 aliphatic heterocycles. The molecule has 94 valence electrons. The highest BCUT2D eigenvalue weighted by Crippen LogP contribution is 2.32. The van der Waals surface area contributed by atoms with Gasteiger partial charge >= 0.3 is 5.97 Å². The molecular weight excluding hydrogens is 232 g/mol. The maximum atomic E-state index is 11.6. The van der Waals surface area contributed by atoms with Crippen LogP contribution in [0.1, 0.15) is 18.6 Å². The summed E-state index contributed by atoms with van der Waals surface area (Å²) in [6.07, 6.45) is -1.48. The number of rotatable bonds is 3. The SMILES string of the molecule is CCOC(=O)C(O)c1c(O)ccc2ccccc12. The van der Waals surface area contributed by atoms with Crippen molar-refractivity contribution in [3.05, 3.63) is 42.0 Å². The summed E-state index contributed by atoms with van der Waals surface area (Å²) in [7, 11) is 0. The van der Waals surface area contributed by atoms with Crippen molar-refractivity contribution in [2.45, 2.75) is 13.0 Å². The number of phenolic OH excluding ortho intramolecular Hbond substituents is 1. The standard InChI is InChI=1S/C14H14O4/c1-2-18-14(17)13(16)12-10-6-4-3-5-9(10)7-8-11(12)15/h3-8,13,15-16H,2H2,1H3. The topological polar surface area (TPSA) is 66.8 Å². The summed E-state index contributed by atoms with van der Waals surface area (Å²) in [5.74, 6) is -0.876. The van der Waals surface area contributed by atoms with E-state index in [9.17, 15) is 15.0 Å².